The average molecular weight is 457 g/mol. The molecule has 1 atom stereocenters. The first kappa shape index (κ1) is 21.6. The molecule has 0 spiro atoms. The van der Waals surface area contributed by atoms with E-state index in [0.717, 1.165) is 24.0 Å². The van der Waals surface area contributed by atoms with E-state index in [4.69, 9.17) is 0 Å². The van der Waals surface area contributed by atoms with Gasteiger partial charge in [0, 0.05) is 24.7 Å². The van der Waals surface area contributed by atoms with Crippen molar-refractivity contribution in [1.82, 2.24) is 14.5 Å². The summed E-state index contributed by atoms with van der Waals surface area (Å²) in [7, 11) is -3.42. The Morgan fingerprint density at radius 1 is 1.13 bits per heavy atom. The second kappa shape index (κ2) is 9.25. The lowest BCUT2D eigenvalue weighted by Gasteiger charge is -2.30. The van der Waals surface area contributed by atoms with Crippen LogP contribution in [0.25, 0.3) is 0 Å². The van der Waals surface area contributed by atoms with Crippen LogP contribution >= 0.6 is 11.3 Å². The highest BCUT2D eigenvalue weighted by Gasteiger charge is 2.32. The Labute approximate surface area is 186 Å². The van der Waals surface area contributed by atoms with Crippen molar-refractivity contribution in [2.24, 2.45) is 0 Å². The fraction of sp³-hybridized carbons (Fsp3) is 0.318. The van der Waals surface area contributed by atoms with E-state index in [0.29, 0.717) is 23.8 Å². The predicted molar refractivity (Wildman–Crippen MR) is 122 cm³/mol. The van der Waals surface area contributed by atoms with Crippen LogP contribution in [-0.4, -0.2) is 41.9 Å². The topological polar surface area (TPSA) is 92.3 Å². The number of amides is 1. The number of carbonyl (C=O) groups excluding carboxylic acids is 1. The monoisotopic (exact) mass is 456 g/mol. The Kier molecular flexibility index (Phi) is 6.45. The Hall–Kier alpha value is -2.62. The lowest BCUT2D eigenvalue weighted by molar-refractivity contribution is 0.102. The summed E-state index contributed by atoms with van der Waals surface area (Å²) >= 11 is 1.23. The molecule has 1 fully saturated rings. The highest BCUT2D eigenvalue weighted by molar-refractivity contribution is 7.88. The van der Waals surface area contributed by atoms with Crippen LogP contribution in [0, 0.1) is 6.92 Å². The van der Waals surface area contributed by atoms with Crippen molar-refractivity contribution in [2.75, 3.05) is 18.4 Å². The van der Waals surface area contributed by atoms with Gasteiger partial charge in [0.05, 0.1) is 5.75 Å². The van der Waals surface area contributed by atoms with Crippen LogP contribution in [0.4, 0.5) is 5.69 Å². The second-order valence-corrected chi connectivity index (χ2v) is 10.7. The molecule has 4 rings (SSSR count). The summed E-state index contributed by atoms with van der Waals surface area (Å²) < 4.78 is 27.3. The highest BCUT2D eigenvalue weighted by Crippen LogP contribution is 2.31. The smallest absolute Gasteiger partial charge is 0.286 e. The minimum absolute atomic E-state index is 0.0130. The fourth-order valence-electron chi connectivity index (χ4n) is 3.59. The van der Waals surface area contributed by atoms with Crippen molar-refractivity contribution in [3.8, 4) is 0 Å². The molecule has 1 saturated heterocycles. The van der Waals surface area contributed by atoms with E-state index in [9.17, 15) is 13.2 Å². The summed E-state index contributed by atoms with van der Waals surface area (Å²) in [6.07, 6.45) is 1.58. The summed E-state index contributed by atoms with van der Waals surface area (Å²) in [5.41, 5.74) is 2.58. The van der Waals surface area contributed by atoms with E-state index in [2.05, 4.69) is 15.5 Å². The third-order valence-electron chi connectivity index (χ3n) is 5.26. The summed E-state index contributed by atoms with van der Waals surface area (Å²) in [4.78, 5) is 12.5. The zero-order chi connectivity index (χ0) is 21.8. The van der Waals surface area contributed by atoms with Gasteiger partial charge >= 0.3 is 0 Å². The van der Waals surface area contributed by atoms with Crippen LogP contribution in [-0.2, 0) is 15.8 Å². The molecule has 2 aromatic carbocycles. The number of aromatic nitrogens is 2. The summed E-state index contributed by atoms with van der Waals surface area (Å²) in [5.74, 6) is -0.379. The normalized spacial score (nSPS) is 17.4. The van der Waals surface area contributed by atoms with Gasteiger partial charge in [-0.2, -0.15) is 0 Å². The molecule has 1 aliphatic rings. The van der Waals surface area contributed by atoms with Crippen molar-refractivity contribution < 1.29 is 13.2 Å². The first-order valence-electron chi connectivity index (χ1n) is 10.1. The number of anilines is 1. The van der Waals surface area contributed by atoms with Gasteiger partial charge in [-0.3, -0.25) is 4.79 Å². The maximum atomic E-state index is 12.9. The Morgan fingerprint density at radius 2 is 1.87 bits per heavy atom. The minimum Gasteiger partial charge on any atom is -0.320 e. The Balaban J connectivity index is 1.42. The third kappa shape index (κ3) is 5.36. The number of sulfonamides is 1. The number of nitrogens with zero attached hydrogens (tertiary/aromatic N) is 3. The molecule has 3 aromatic rings. The summed E-state index contributed by atoms with van der Waals surface area (Å²) in [6.45, 7) is 2.85. The number of hydrogen-bond donors (Lipinski definition) is 1. The number of piperidine rings is 1. The molecule has 7 nitrogen and oxygen atoms in total. The number of nitrogens with one attached hydrogen (secondary N) is 1. The molecule has 1 aliphatic heterocycles. The number of aryl methyl sites for hydroxylation is 1. The maximum Gasteiger partial charge on any atom is 0.286 e. The number of hydrogen-bond acceptors (Lipinski definition) is 6. The predicted octanol–water partition coefficient (Wildman–Crippen LogP) is 3.81. The number of rotatable bonds is 6. The SMILES string of the molecule is Cc1ccc(NC(=O)c2nnc([C@@H]3CCCN(S(=O)(=O)Cc4ccccc4)C3)s2)cc1. The molecular formula is C22H24N4O3S2. The van der Waals surface area contributed by atoms with Crippen molar-refractivity contribution in [3.63, 3.8) is 0 Å². The van der Waals surface area contributed by atoms with E-state index in [1.165, 1.54) is 11.3 Å². The van der Waals surface area contributed by atoms with Gasteiger partial charge in [0.1, 0.15) is 5.01 Å². The number of carbonyl (C=O) groups is 1. The van der Waals surface area contributed by atoms with Crippen LogP contribution in [0.1, 0.15) is 44.7 Å². The van der Waals surface area contributed by atoms with Gasteiger partial charge in [-0.15, -0.1) is 10.2 Å². The van der Waals surface area contributed by atoms with E-state index in [1.54, 1.807) is 4.31 Å². The molecule has 0 radical (unpaired) electrons. The Bertz CT molecular complexity index is 1150. The van der Waals surface area contributed by atoms with Gasteiger partial charge in [0.2, 0.25) is 15.0 Å². The molecule has 9 heteroatoms. The van der Waals surface area contributed by atoms with Crippen LogP contribution in [0.3, 0.4) is 0 Å². The van der Waals surface area contributed by atoms with Crippen molar-refractivity contribution in [3.05, 3.63) is 75.7 Å². The van der Waals surface area contributed by atoms with Crippen molar-refractivity contribution in [2.45, 2.75) is 31.4 Å². The van der Waals surface area contributed by atoms with Gasteiger partial charge in [0.25, 0.3) is 5.91 Å². The molecule has 0 saturated carbocycles. The molecule has 0 aliphatic carbocycles. The first-order chi connectivity index (χ1) is 14.9. The quantitative estimate of drug-likeness (QED) is 0.609. The molecule has 0 unspecified atom stereocenters. The molecule has 0 bridgehead atoms. The summed E-state index contributed by atoms with van der Waals surface area (Å²) in [5, 5.41) is 12.1. The van der Waals surface area contributed by atoms with Crippen LogP contribution in [0.5, 0.6) is 0 Å². The van der Waals surface area contributed by atoms with Crippen LogP contribution in [0.15, 0.2) is 54.6 Å². The molecule has 2 heterocycles. The largest absolute Gasteiger partial charge is 0.320 e. The van der Waals surface area contributed by atoms with Gasteiger partial charge < -0.3 is 5.32 Å². The van der Waals surface area contributed by atoms with Gasteiger partial charge in [0.15, 0.2) is 0 Å². The van der Waals surface area contributed by atoms with Gasteiger partial charge in [-0.05, 0) is 37.5 Å². The molecule has 1 amide bonds. The zero-order valence-corrected chi connectivity index (χ0v) is 18.8. The first-order valence-corrected chi connectivity index (χ1v) is 12.6. The Morgan fingerprint density at radius 3 is 2.61 bits per heavy atom. The van der Waals surface area contributed by atoms with Crippen molar-refractivity contribution >= 4 is 33.0 Å². The van der Waals surface area contributed by atoms with Crippen LogP contribution < -0.4 is 5.32 Å². The third-order valence-corrected chi connectivity index (χ3v) is 8.16. The number of benzene rings is 2. The lowest BCUT2D eigenvalue weighted by Crippen LogP contribution is -2.39. The van der Waals surface area contributed by atoms with E-state index < -0.39 is 10.0 Å². The van der Waals surface area contributed by atoms with Crippen LogP contribution in [0.2, 0.25) is 0 Å². The van der Waals surface area contributed by atoms with E-state index in [1.807, 2.05) is 61.5 Å². The van der Waals surface area contributed by atoms with E-state index >= 15 is 0 Å². The second-order valence-electron chi connectivity index (χ2n) is 7.70. The molecule has 31 heavy (non-hydrogen) atoms. The average Bonchev–Trinajstić information content (AvgIpc) is 3.26. The van der Waals surface area contributed by atoms with Crippen molar-refractivity contribution in [1.29, 1.82) is 0 Å². The van der Waals surface area contributed by atoms with Gasteiger partial charge in [-0.1, -0.05) is 59.4 Å². The van der Waals surface area contributed by atoms with Gasteiger partial charge in [-0.25, -0.2) is 12.7 Å². The summed E-state index contributed by atoms with van der Waals surface area (Å²) in [6, 6.07) is 16.7. The minimum atomic E-state index is -3.42. The fourth-order valence-corrected chi connectivity index (χ4v) is 6.06. The zero-order valence-electron chi connectivity index (χ0n) is 17.2. The lowest BCUT2D eigenvalue weighted by atomic mass is 10.0. The van der Waals surface area contributed by atoms with E-state index in [-0.39, 0.29) is 22.6 Å². The molecule has 1 aromatic heterocycles. The molecule has 1 N–H and O–H groups in total. The standard InChI is InChI=1S/C22H24N4O3S2/c1-16-9-11-19(12-10-16)23-20(27)22-25-24-21(30-22)18-8-5-13-26(14-18)31(28,29)15-17-6-3-2-4-7-17/h2-4,6-7,9-12,18H,5,8,13-15H2,1H3,(H,23,27)/t18-/m1/s1. The maximum absolute atomic E-state index is 12.9. The highest BCUT2D eigenvalue weighted by atomic mass is 32.2. The molecular weight excluding hydrogens is 432 g/mol. The molecule has 162 valence electrons.